The quantitative estimate of drug-likeness (QED) is 0.609. The lowest BCUT2D eigenvalue weighted by molar-refractivity contribution is 0.238. The fraction of sp³-hybridized carbons (Fsp3) is 0.478. The molecule has 150 valence electrons. The van der Waals surface area contributed by atoms with Gasteiger partial charge in [-0.25, -0.2) is 4.39 Å². The highest BCUT2D eigenvalue weighted by Gasteiger charge is 2.17. The summed E-state index contributed by atoms with van der Waals surface area (Å²) in [5.41, 5.74) is 3.77. The van der Waals surface area contributed by atoms with Gasteiger partial charge in [0.15, 0.2) is 0 Å². The molecular weight excluding hydrogens is 375 g/mol. The second kappa shape index (κ2) is 9.15. The number of rotatable bonds is 7. The second-order valence-corrected chi connectivity index (χ2v) is 8.18. The molecule has 0 N–H and O–H groups in total. The summed E-state index contributed by atoms with van der Waals surface area (Å²) in [7, 11) is 0. The Bertz CT molecular complexity index is 805. The number of hydrogen-bond acceptors (Lipinski definition) is 3. The van der Waals surface area contributed by atoms with Gasteiger partial charge in [0.25, 0.3) is 0 Å². The molecule has 0 saturated carbocycles. The van der Waals surface area contributed by atoms with Crippen molar-refractivity contribution < 1.29 is 9.13 Å². The predicted octanol–water partition coefficient (Wildman–Crippen LogP) is 4.95. The van der Waals surface area contributed by atoms with Gasteiger partial charge < -0.3 is 9.64 Å². The number of unbranched alkanes of at least 4 members (excludes halogenated alkanes) is 1. The molecule has 1 heterocycles. The van der Waals surface area contributed by atoms with E-state index in [1.54, 1.807) is 12.1 Å². The minimum Gasteiger partial charge on any atom is -0.492 e. The first-order valence-corrected chi connectivity index (χ1v) is 10.7. The van der Waals surface area contributed by atoms with E-state index >= 15 is 0 Å². The Morgan fingerprint density at radius 3 is 2.54 bits per heavy atom. The molecule has 3 nitrogen and oxygen atoms in total. The third kappa shape index (κ3) is 4.79. The van der Waals surface area contributed by atoms with Gasteiger partial charge in [0.2, 0.25) is 0 Å². The van der Waals surface area contributed by atoms with Crippen molar-refractivity contribution in [2.24, 2.45) is 0 Å². The molecule has 1 fully saturated rings. The Hall–Kier alpha value is -1.78. The number of halogens is 2. The molecule has 0 bridgehead atoms. The number of piperazine rings is 1. The van der Waals surface area contributed by atoms with Gasteiger partial charge in [-0.15, -0.1) is 0 Å². The summed E-state index contributed by atoms with van der Waals surface area (Å²) in [6.45, 7) is 5.73. The Morgan fingerprint density at radius 2 is 1.75 bits per heavy atom. The van der Waals surface area contributed by atoms with Crippen LogP contribution in [-0.4, -0.2) is 44.2 Å². The smallest absolute Gasteiger partial charge is 0.138 e. The lowest BCUT2D eigenvalue weighted by Crippen LogP contribution is -2.46. The van der Waals surface area contributed by atoms with Gasteiger partial charge in [0.05, 0.1) is 11.6 Å². The zero-order valence-electron chi connectivity index (χ0n) is 16.3. The van der Waals surface area contributed by atoms with E-state index in [9.17, 15) is 4.39 Å². The summed E-state index contributed by atoms with van der Waals surface area (Å²) in [4.78, 5) is 4.75. The molecular formula is C23H28ClFN2O. The number of benzene rings is 2. The molecule has 0 radical (unpaired) electrons. The average molecular weight is 403 g/mol. The van der Waals surface area contributed by atoms with E-state index in [1.807, 2.05) is 6.07 Å². The maximum absolute atomic E-state index is 13.4. The Kier molecular flexibility index (Phi) is 6.38. The van der Waals surface area contributed by atoms with Crippen LogP contribution in [0.15, 0.2) is 36.4 Å². The maximum atomic E-state index is 13.4. The average Bonchev–Trinajstić information content (AvgIpc) is 3.15. The highest BCUT2D eigenvalue weighted by molar-refractivity contribution is 6.32. The van der Waals surface area contributed by atoms with Crippen LogP contribution in [-0.2, 0) is 12.8 Å². The van der Waals surface area contributed by atoms with Crippen LogP contribution in [0.2, 0.25) is 5.02 Å². The van der Waals surface area contributed by atoms with Gasteiger partial charge in [-0.3, -0.25) is 4.90 Å². The second-order valence-electron chi connectivity index (χ2n) is 7.77. The Morgan fingerprint density at radius 1 is 0.964 bits per heavy atom. The summed E-state index contributed by atoms with van der Waals surface area (Å²) in [5, 5.41) is 0.745. The van der Waals surface area contributed by atoms with E-state index in [4.69, 9.17) is 16.3 Å². The summed E-state index contributed by atoms with van der Waals surface area (Å²) in [6, 6.07) is 11.1. The van der Waals surface area contributed by atoms with Crippen LogP contribution in [0.5, 0.6) is 5.75 Å². The third-order valence-electron chi connectivity index (χ3n) is 5.82. The fourth-order valence-electron chi connectivity index (χ4n) is 4.20. The van der Waals surface area contributed by atoms with Gasteiger partial charge in [-0.05, 0) is 80.1 Å². The van der Waals surface area contributed by atoms with Crippen molar-refractivity contribution in [1.29, 1.82) is 0 Å². The molecule has 2 aromatic carbocycles. The molecule has 0 spiro atoms. The number of hydrogen-bond donors (Lipinski definition) is 0. The number of aryl methyl sites for hydroxylation is 2. The van der Waals surface area contributed by atoms with Gasteiger partial charge in [-0.1, -0.05) is 17.7 Å². The summed E-state index contributed by atoms with van der Waals surface area (Å²) in [6.07, 6.45) is 5.65. The molecule has 1 saturated heterocycles. The van der Waals surface area contributed by atoms with Crippen molar-refractivity contribution >= 4 is 17.3 Å². The van der Waals surface area contributed by atoms with Crippen molar-refractivity contribution in [3.8, 4) is 5.75 Å². The van der Waals surface area contributed by atoms with Crippen molar-refractivity contribution in [3.05, 3.63) is 58.4 Å². The van der Waals surface area contributed by atoms with Crippen LogP contribution >= 0.6 is 11.6 Å². The molecule has 1 aliphatic heterocycles. The van der Waals surface area contributed by atoms with Crippen LogP contribution in [0, 0.1) is 5.82 Å². The van der Waals surface area contributed by atoms with Crippen LogP contribution < -0.4 is 9.64 Å². The zero-order chi connectivity index (χ0) is 19.3. The van der Waals surface area contributed by atoms with E-state index < -0.39 is 0 Å². The predicted molar refractivity (Wildman–Crippen MR) is 113 cm³/mol. The summed E-state index contributed by atoms with van der Waals surface area (Å²) < 4.78 is 19.3. The first kappa shape index (κ1) is 19.5. The van der Waals surface area contributed by atoms with Crippen molar-refractivity contribution in [3.63, 3.8) is 0 Å². The molecule has 2 aromatic rings. The number of anilines is 1. The van der Waals surface area contributed by atoms with Gasteiger partial charge >= 0.3 is 0 Å². The topological polar surface area (TPSA) is 15.7 Å². The monoisotopic (exact) mass is 402 g/mol. The molecule has 5 heteroatoms. The molecule has 0 atom stereocenters. The summed E-state index contributed by atoms with van der Waals surface area (Å²) >= 11 is 6.36. The van der Waals surface area contributed by atoms with E-state index in [0.29, 0.717) is 6.61 Å². The first-order valence-electron chi connectivity index (χ1n) is 10.4. The highest BCUT2D eigenvalue weighted by atomic mass is 35.5. The van der Waals surface area contributed by atoms with Gasteiger partial charge in [0, 0.05) is 31.9 Å². The van der Waals surface area contributed by atoms with E-state index in [0.717, 1.165) is 74.9 Å². The summed E-state index contributed by atoms with van der Waals surface area (Å²) in [5.74, 6) is 0.675. The van der Waals surface area contributed by atoms with E-state index in [2.05, 4.69) is 21.9 Å². The highest BCUT2D eigenvalue weighted by Crippen LogP contribution is 2.33. The van der Waals surface area contributed by atoms with Crippen LogP contribution in [0.1, 0.15) is 30.4 Å². The first-order chi connectivity index (χ1) is 13.7. The molecule has 1 aliphatic carbocycles. The van der Waals surface area contributed by atoms with Crippen LogP contribution in [0.25, 0.3) is 0 Å². The largest absolute Gasteiger partial charge is 0.492 e. The minimum atomic E-state index is -0.164. The van der Waals surface area contributed by atoms with E-state index in [1.165, 1.54) is 23.6 Å². The van der Waals surface area contributed by atoms with Crippen LogP contribution in [0.4, 0.5) is 10.1 Å². The number of nitrogens with zero attached hydrogens (tertiary/aromatic N) is 2. The SMILES string of the molecule is Fc1cccc(N2CCN(CCCCOc3cc4c(cc3Cl)CCC4)CC2)c1. The maximum Gasteiger partial charge on any atom is 0.138 e. The Labute approximate surface area is 172 Å². The molecule has 0 aromatic heterocycles. The minimum absolute atomic E-state index is 0.164. The Balaban J connectivity index is 1.15. The van der Waals surface area contributed by atoms with Crippen molar-refractivity contribution in [2.75, 3.05) is 44.2 Å². The molecule has 4 rings (SSSR count). The number of fused-ring (bicyclic) bond motifs is 1. The van der Waals surface area contributed by atoms with Crippen LogP contribution in [0.3, 0.4) is 0 Å². The van der Waals surface area contributed by atoms with Gasteiger partial charge in [-0.2, -0.15) is 0 Å². The molecule has 2 aliphatic rings. The lowest BCUT2D eigenvalue weighted by Gasteiger charge is -2.36. The normalized spacial score (nSPS) is 17.0. The van der Waals surface area contributed by atoms with Gasteiger partial charge in [0.1, 0.15) is 11.6 Å². The number of ether oxygens (including phenoxy) is 1. The molecule has 28 heavy (non-hydrogen) atoms. The molecule has 0 amide bonds. The third-order valence-corrected chi connectivity index (χ3v) is 6.11. The lowest BCUT2D eigenvalue weighted by atomic mass is 10.1. The fourth-order valence-corrected chi connectivity index (χ4v) is 4.44. The zero-order valence-corrected chi connectivity index (χ0v) is 17.1. The van der Waals surface area contributed by atoms with E-state index in [-0.39, 0.29) is 5.82 Å². The molecule has 0 unspecified atom stereocenters. The van der Waals surface area contributed by atoms with Crippen molar-refractivity contribution in [1.82, 2.24) is 4.90 Å². The van der Waals surface area contributed by atoms with Crippen molar-refractivity contribution in [2.45, 2.75) is 32.1 Å². The standard InChI is InChI=1S/C23H28ClFN2O/c24-22-15-18-5-3-6-19(18)16-23(22)28-14-2-1-9-26-10-12-27(13-11-26)21-8-4-7-20(25)17-21/h4,7-8,15-17H,1-3,5-6,9-14H2.